The second kappa shape index (κ2) is 7.66. The molecule has 2 N–H and O–H groups in total. The second-order valence-corrected chi connectivity index (χ2v) is 8.31. The first-order chi connectivity index (χ1) is 11.5. The Balaban J connectivity index is 1.41. The maximum absolute atomic E-state index is 12.3. The quantitative estimate of drug-likeness (QED) is 0.717. The topological polar surface area (TPSA) is 69.6 Å². The van der Waals surface area contributed by atoms with E-state index in [9.17, 15) is 9.59 Å². The Bertz CT molecular complexity index is 565. The predicted molar refractivity (Wildman–Crippen MR) is 94.1 cm³/mol. The Labute approximate surface area is 147 Å². The van der Waals surface area contributed by atoms with Gasteiger partial charge in [-0.1, -0.05) is 13.0 Å². The molecule has 0 aromatic carbocycles. The Morgan fingerprint density at radius 3 is 2.75 bits per heavy atom. The molecule has 2 aliphatic carbocycles. The lowest BCUT2D eigenvalue weighted by Crippen LogP contribution is -2.56. The van der Waals surface area contributed by atoms with Gasteiger partial charge in [0.1, 0.15) is 0 Å². The number of nitrogens with one attached hydrogen (secondary N) is 1. The Hall–Kier alpha value is -1.40. The molecular weight excluding hydrogens is 324 g/mol. The van der Waals surface area contributed by atoms with Crippen molar-refractivity contribution in [3.63, 3.8) is 0 Å². The molecule has 0 spiro atoms. The van der Waals surface area contributed by atoms with Crippen molar-refractivity contribution in [1.29, 1.82) is 0 Å². The first-order valence-corrected chi connectivity index (χ1v) is 9.68. The maximum atomic E-state index is 12.3. The summed E-state index contributed by atoms with van der Waals surface area (Å²) in [6, 6.07) is 4.58. The van der Waals surface area contributed by atoms with Crippen molar-refractivity contribution in [3.05, 3.63) is 22.4 Å². The number of carbonyl (C=O) groups excluding carboxylic acids is 1. The Kier molecular flexibility index (Phi) is 5.56. The van der Waals surface area contributed by atoms with Crippen LogP contribution in [0.1, 0.15) is 37.5 Å². The van der Waals surface area contributed by atoms with Crippen LogP contribution in [0, 0.1) is 11.8 Å². The van der Waals surface area contributed by atoms with Crippen LogP contribution in [0.5, 0.6) is 0 Å². The number of carboxylic acid groups (broad SMARTS) is 1. The summed E-state index contributed by atoms with van der Waals surface area (Å²) in [5.74, 6) is 0.0135. The van der Waals surface area contributed by atoms with Crippen LogP contribution >= 0.6 is 11.3 Å². The molecule has 2 aliphatic rings. The van der Waals surface area contributed by atoms with Gasteiger partial charge in [-0.15, -0.1) is 11.3 Å². The molecule has 0 radical (unpaired) electrons. The average Bonchev–Trinajstić information content (AvgIpc) is 3.14. The van der Waals surface area contributed by atoms with Gasteiger partial charge in [-0.05, 0) is 49.5 Å². The minimum absolute atomic E-state index is 0.0238. The van der Waals surface area contributed by atoms with E-state index in [1.807, 2.05) is 18.4 Å². The van der Waals surface area contributed by atoms with Crippen LogP contribution in [0.3, 0.4) is 0 Å². The highest BCUT2D eigenvalue weighted by molar-refractivity contribution is 7.09. The number of hydrogen-bond acceptors (Lipinski definition) is 4. The molecule has 24 heavy (non-hydrogen) atoms. The molecule has 1 atom stereocenters. The first kappa shape index (κ1) is 17.4. The third-order valence-electron chi connectivity index (χ3n) is 5.04. The van der Waals surface area contributed by atoms with Crippen molar-refractivity contribution < 1.29 is 14.7 Å². The number of aliphatic carboxylic acids is 1. The van der Waals surface area contributed by atoms with Gasteiger partial charge in [0.15, 0.2) is 0 Å². The molecule has 1 aromatic rings. The predicted octanol–water partition coefficient (Wildman–Crippen LogP) is 2.37. The van der Waals surface area contributed by atoms with Crippen LogP contribution in [-0.4, -0.2) is 47.1 Å². The van der Waals surface area contributed by atoms with Gasteiger partial charge in [0.2, 0.25) is 5.91 Å². The van der Waals surface area contributed by atoms with Crippen LogP contribution in [0.2, 0.25) is 0 Å². The average molecular weight is 350 g/mol. The van der Waals surface area contributed by atoms with Gasteiger partial charge in [-0.2, -0.15) is 0 Å². The normalized spacial score (nSPS) is 24.4. The fraction of sp³-hybridized carbons (Fsp3) is 0.667. The van der Waals surface area contributed by atoms with E-state index in [-0.39, 0.29) is 24.4 Å². The summed E-state index contributed by atoms with van der Waals surface area (Å²) in [6.45, 7) is 2.98. The Morgan fingerprint density at radius 1 is 1.42 bits per heavy atom. The van der Waals surface area contributed by atoms with Crippen molar-refractivity contribution in [2.45, 2.75) is 51.1 Å². The maximum Gasteiger partial charge on any atom is 0.317 e. The van der Waals surface area contributed by atoms with Crippen molar-refractivity contribution >= 4 is 23.2 Å². The largest absolute Gasteiger partial charge is 0.480 e. The molecule has 132 valence electrons. The summed E-state index contributed by atoms with van der Waals surface area (Å²) in [6.07, 6.45) is 4.98. The van der Waals surface area contributed by atoms with E-state index in [2.05, 4.69) is 16.3 Å². The fourth-order valence-corrected chi connectivity index (χ4v) is 4.15. The van der Waals surface area contributed by atoms with Gasteiger partial charge in [-0.3, -0.25) is 14.5 Å². The van der Waals surface area contributed by atoms with E-state index in [0.29, 0.717) is 12.0 Å². The van der Waals surface area contributed by atoms with Crippen molar-refractivity contribution in [2.75, 3.05) is 13.1 Å². The van der Waals surface area contributed by atoms with Crippen LogP contribution < -0.4 is 5.32 Å². The molecule has 1 amide bonds. The highest BCUT2D eigenvalue weighted by atomic mass is 32.1. The molecule has 0 saturated heterocycles. The van der Waals surface area contributed by atoms with Crippen LogP contribution in [-0.2, 0) is 16.0 Å². The van der Waals surface area contributed by atoms with E-state index in [4.69, 9.17) is 5.11 Å². The smallest absolute Gasteiger partial charge is 0.317 e. The zero-order valence-corrected chi connectivity index (χ0v) is 14.9. The zero-order valence-electron chi connectivity index (χ0n) is 14.1. The molecule has 3 rings (SSSR count). The van der Waals surface area contributed by atoms with E-state index in [0.717, 1.165) is 25.8 Å². The highest BCUT2D eigenvalue weighted by Crippen LogP contribution is 2.33. The second-order valence-electron chi connectivity index (χ2n) is 7.28. The Morgan fingerprint density at radius 2 is 2.17 bits per heavy atom. The van der Waals surface area contributed by atoms with E-state index in [1.165, 1.54) is 17.7 Å². The zero-order chi connectivity index (χ0) is 17.1. The van der Waals surface area contributed by atoms with E-state index < -0.39 is 5.97 Å². The molecule has 5 nitrogen and oxygen atoms in total. The van der Waals surface area contributed by atoms with Gasteiger partial charge in [0.05, 0.1) is 6.54 Å². The molecule has 1 aromatic heterocycles. The molecule has 2 fully saturated rings. The lowest BCUT2D eigenvalue weighted by molar-refractivity contribution is -0.140. The third-order valence-corrected chi connectivity index (χ3v) is 5.94. The summed E-state index contributed by atoms with van der Waals surface area (Å²) < 4.78 is 0. The summed E-state index contributed by atoms with van der Waals surface area (Å²) in [5, 5.41) is 14.2. The number of hydrogen-bond donors (Lipinski definition) is 2. The molecule has 2 saturated carbocycles. The third kappa shape index (κ3) is 4.80. The van der Waals surface area contributed by atoms with Crippen LogP contribution in [0.15, 0.2) is 17.5 Å². The fourth-order valence-electron chi connectivity index (χ4n) is 3.32. The lowest BCUT2D eigenvalue weighted by Gasteiger charge is -2.43. The van der Waals surface area contributed by atoms with Crippen LogP contribution in [0.4, 0.5) is 0 Å². The standard InChI is InChI=1S/C18H26N2O3S/c1-12(7-16-3-2-6-24-16)18(23)19-14-8-15(9-14)20(11-17(21)22)10-13-4-5-13/h2-3,6,12-15H,4-5,7-11H2,1H3,(H,19,23)(H,21,22). The SMILES string of the molecule is CC(Cc1cccs1)C(=O)NC1CC(N(CC(=O)O)CC2CC2)C1. The number of thiophene rings is 1. The molecule has 0 aliphatic heterocycles. The summed E-state index contributed by atoms with van der Waals surface area (Å²) in [4.78, 5) is 26.7. The lowest BCUT2D eigenvalue weighted by atomic mass is 9.84. The number of carboxylic acids is 1. The van der Waals surface area contributed by atoms with Crippen LogP contribution in [0.25, 0.3) is 0 Å². The van der Waals surface area contributed by atoms with Gasteiger partial charge in [-0.25, -0.2) is 0 Å². The van der Waals surface area contributed by atoms with Crippen molar-refractivity contribution in [1.82, 2.24) is 10.2 Å². The van der Waals surface area contributed by atoms with Gasteiger partial charge >= 0.3 is 5.97 Å². The number of carbonyl (C=O) groups is 2. The minimum atomic E-state index is -0.757. The molecule has 6 heteroatoms. The van der Waals surface area contributed by atoms with Gasteiger partial charge in [0.25, 0.3) is 0 Å². The summed E-state index contributed by atoms with van der Waals surface area (Å²) in [5.41, 5.74) is 0. The van der Waals surface area contributed by atoms with Crippen molar-refractivity contribution in [2.24, 2.45) is 11.8 Å². The molecular formula is C18H26N2O3S. The highest BCUT2D eigenvalue weighted by Gasteiger charge is 2.38. The molecule has 0 bridgehead atoms. The summed E-state index contributed by atoms with van der Waals surface area (Å²) in [7, 11) is 0. The van der Waals surface area contributed by atoms with E-state index in [1.54, 1.807) is 11.3 Å². The molecule has 1 unspecified atom stereocenters. The monoisotopic (exact) mass is 350 g/mol. The number of rotatable bonds is 9. The minimum Gasteiger partial charge on any atom is -0.480 e. The first-order valence-electron chi connectivity index (χ1n) is 8.80. The number of nitrogens with zero attached hydrogens (tertiary/aromatic N) is 1. The summed E-state index contributed by atoms with van der Waals surface area (Å²) >= 11 is 1.69. The van der Waals surface area contributed by atoms with E-state index >= 15 is 0 Å². The van der Waals surface area contributed by atoms with Gasteiger partial charge < -0.3 is 10.4 Å². The van der Waals surface area contributed by atoms with Crippen molar-refractivity contribution in [3.8, 4) is 0 Å². The molecule has 1 heterocycles. The number of amides is 1. The van der Waals surface area contributed by atoms with Gasteiger partial charge in [0, 0.05) is 29.4 Å².